The lowest BCUT2D eigenvalue weighted by atomic mass is 10.0. The molecule has 46 heavy (non-hydrogen) atoms. The van der Waals surface area contributed by atoms with Gasteiger partial charge in [-0.15, -0.1) is 0 Å². The van der Waals surface area contributed by atoms with Gasteiger partial charge in [0.2, 0.25) is 15.9 Å². The van der Waals surface area contributed by atoms with Crippen LogP contribution in [0.4, 0.5) is 0 Å². The van der Waals surface area contributed by atoms with Gasteiger partial charge in [0.1, 0.15) is 22.8 Å². The number of sulfonamides is 1. The van der Waals surface area contributed by atoms with Gasteiger partial charge >= 0.3 is 0 Å². The van der Waals surface area contributed by atoms with E-state index in [1.807, 2.05) is 36.1 Å². The van der Waals surface area contributed by atoms with E-state index in [-0.39, 0.29) is 27.5 Å². The zero-order valence-electron chi connectivity index (χ0n) is 26.6. The van der Waals surface area contributed by atoms with Gasteiger partial charge in [0, 0.05) is 54.4 Å². The molecule has 1 aliphatic heterocycles. The number of hydrogen-bond donors (Lipinski definition) is 3. The fraction of sp³-hybridized carbons (Fsp3) is 0.469. The summed E-state index contributed by atoms with van der Waals surface area (Å²) in [4.78, 5) is 25.8. The molecule has 0 atom stereocenters. The van der Waals surface area contributed by atoms with Crippen LogP contribution in [0.5, 0.6) is 5.75 Å². The first kappa shape index (κ1) is 35.7. The number of pyridine rings is 1. The number of carbonyl (C=O) groups excluding carboxylic acids is 1. The summed E-state index contributed by atoms with van der Waals surface area (Å²) < 4.78 is 35.7. The summed E-state index contributed by atoms with van der Waals surface area (Å²) in [6.45, 7) is 8.01. The first-order valence-electron chi connectivity index (χ1n) is 15.4. The molecule has 3 aromatic rings. The van der Waals surface area contributed by atoms with Crippen molar-refractivity contribution in [3.63, 3.8) is 0 Å². The first-order valence-corrected chi connectivity index (χ1v) is 17.6. The van der Waals surface area contributed by atoms with Crippen molar-refractivity contribution in [1.29, 1.82) is 0 Å². The van der Waals surface area contributed by atoms with Crippen LogP contribution in [0.1, 0.15) is 50.8 Å². The number of aliphatic imine (C=N–C) groups is 1. The number of nitrogens with zero attached hydrogens (tertiary/aromatic N) is 4. The van der Waals surface area contributed by atoms with Crippen LogP contribution in [-0.4, -0.2) is 79.9 Å². The number of benzene rings is 2. The average molecular weight is 693 g/mol. The number of piperazine rings is 1. The summed E-state index contributed by atoms with van der Waals surface area (Å²) in [7, 11) is -4.24. The van der Waals surface area contributed by atoms with Crippen LogP contribution in [0.25, 0.3) is 10.9 Å². The number of hydrogen-bond acceptors (Lipinski definition) is 7. The lowest BCUT2D eigenvalue weighted by Crippen LogP contribution is -2.60. The summed E-state index contributed by atoms with van der Waals surface area (Å²) in [5.41, 5.74) is 12.3. The Bertz CT molecular complexity index is 1680. The minimum atomic E-state index is -4.24. The van der Waals surface area contributed by atoms with Crippen molar-refractivity contribution >= 4 is 56.0 Å². The molecule has 11 nitrogen and oxygen atoms in total. The highest BCUT2D eigenvalue weighted by molar-refractivity contribution is 7.89. The number of rotatable bonds is 13. The number of guanidine groups is 1. The molecule has 0 aliphatic carbocycles. The van der Waals surface area contributed by atoms with E-state index in [0.717, 1.165) is 42.3 Å². The molecule has 1 amide bonds. The molecule has 1 saturated heterocycles. The zero-order valence-corrected chi connectivity index (χ0v) is 28.9. The second kappa shape index (κ2) is 15.6. The van der Waals surface area contributed by atoms with Gasteiger partial charge in [-0.05, 0) is 76.6 Å². The maximum Gasteiger partial charge on any atom is 0.243 e. The molecule has 0 saturated carbocycles. The standard InChI is InChI=1S/C32H43Cl2N7O4S/c1-22-8-9-23-20-24(10-12-27(23)38-22)45-21-25-26(33)11-13-28(29(25)34)46(43,44)39-32(2,3)30(42)40-16-18-41(19-17-40)31(36)37-15-7-5-4-6-14-35/h8-13,20,39H,4-7,14-19,21,35H2,1-3H3,(H2,36,37). The Labute approximate surface area is 281 Å². The molecule has 0 bridgehead atoms. The monoisotopic (exact) mass is 691 g/mol. The van der Waals surface area contributed by atoms with Gasteiger partial charge in [0.25, 0.3) is 0 Å². The molecule has 250 valence electrons. The summed E-state index contributed by atoms with van der Waals surface area (Å²) in [6, 6.07) is 12.1. The number of nitrogens with two attached hydrogens (primary N) is 2. The third-order valence-electron chi connectivity index (χ3n) is 7.82. The van der Waals surface area contributed by atoms with E-state index in [4.69, 9.17) is 39.4 Å². The summed E-state index contributed by atoms with van der Waals surface area (Å²) in [5, 5.41) is 1.07. The van der Waals surface area contributed by atoms with E-state index < -0.39 is 15.6 Å². The summed E-state index contributed by atoms with van der Waals surface area (Å²) in [5.74, 6) is 0.645. The summed E-state index contributed by atoms with van der Waals surface area (Å²) >= 11 is 13.1. The maximum atomic E-state index is 13.6. The number of nitrogens with one attached hydrogen (secondary N) is 1. The number of halogens is 2. The Morgan fingerprint density at radius 1 is 1.02 bits per heavy atom. The van der Waals surface area contributed by atoms with E-state index in [1.54, 1.807) is 11.0 Å². The fourth-order valence-corrected chi connectivity index (χ4v) is 7.50. The minimum Gasteiger partial charge on any atom is -0.489 e. The molecule has 2 aromatic carbocycles. The fourth-order valence-electron chi connectivity index (χ4n) is 5.24. The molecule has 14 heteroatoms. The van der Waals surface area contributed by atoms with Crippen LogP contribution in [0, 0.1) is 6.92 Å². The topological polar surface area (TPSA) is 156 Å². The van der Waals surface area contributed by atoms with Crippen LogP contribution in [0.15, 0.2) is 52.4 Å². The maximum absolute atomic E-state index is 13.6. The van der Waals surface area contributed by atoms with E-state index >= 15 is 0 Å². The van der Waals surface area contributed by atoms with Crippen LogP contribution in [-0.2, 0) is 21.4 Å². The van der Waals surface area contributed by atoms with Crippen molar-refractivity contribution in [2.75, 3.05) is 39.3 Å². The van der Waals surface area contributed by atoms with Crippen LogP contribution < -0.4 is 20.9 Å². The van der Waals surface area contributed by atoms with Crippen LogP contribution >= 0.6 is 23.2 Å². The molecule has 2 heterocycles. The van der Waals surface area contributed by atoms with E-state index in [0.29, 0.717) is 56.5 Å². The van der Waals surface area contributed by atoms with Gasteiger partial charge in [-0.2, -0.15) is 4.72 Å². The van der Waals surface area contributed by atoms with Gasteiger partial charge in [-0.25, -0.2) is 8.42 Å². The largest absolute Gasteiger partial charge is 0.489 e. The molecular weight excluding hydrogens is 649 g/mol. The normalized spacial score (nSPS) is 14.6. The Hall–Kier alpha value is -3.16. The lowest BCUT2D eigenvalue weighted by Gasteiger charge is -2.39. The SMILES string of the molecule is Cc1ccc2cc(OCc3c(Cl)ccc(S(=O)(=O)NC(C)(C)C(=O)N4CCN(C(N)=NCCCCCCN)CC4)c3Cl)ccc2n1. The second-order valence-corrected chi connectivity index (χ2v) is 14.3. The minimum absolute atomic E-state index is 0.0703. The smallest absolute Gasteiger partial charge is 0.243 e. The van der Waals surface area contributed by atoms with Crippen molar-refractivity contribution in [3.05, 3.63) is 63.8 Å². The Balaban J connectivity index is 1.38. The second-order valence-electron chi connectivity index (χ2n) is 11.9. The number of ether oxygens (including phenoxy) is 1. The van der Waals surface area contributed by atoms with Crippen LogP contribution in [0.3, 0.4) is 0 Å². The van der Waals surface area contributed by atoms with Gasteiger partial charge in [0.05, 0.1) is 10.5 Å². The molecule has 1 aromatic heterocycles. The van der Waals surface area contributed by atoms with Crippen molar-refractivity contribution in [2.45, 2.75) is 63.5 Å². The first-order chi connectivity index (χ1) is 21.8. The highest BCUT2D eigenvalue weighted by atomic mass is 35.5. The summed E-state index contributed by atoms with van der Waals surface area (Å²) in [6.07, 6.45) is 4.09. The molecular formula is C32H43Cl2N7O4S. The molecule has 0 spiro atoms. The highest BCUT2D eigenvalue weighted by Crippen LogP contribution is 2.33. The number of unbranched alkanes of at least 4 members (excludes halogenated alkanes) is 3. The molecule has 4 rings (SSSR count). The van der Waals surface area contributed by atoms with Crippen molar-refractivity contribution < 1.29 is 17.9 Å². The Morgan fingerprint density at radius 3 is 2.43 bits per heavy atom. The van der Waals surface area contributed by atoms with Crippen molar-refractivity contribution in [3.8, 4) is 5.75 Å². The third-order valence-corrected chi connectivity index (χ3v) is 10.4. The third kappa shape index (κ3) is 9.01. The highest BCUT2D eigenvalue weighted by Gasteiger charge is 2.38. The quantitative estimate of drug-likeness (QED) is 0.135. The number of fused-ring (bicyclic) bond motifs is 1. The zero-order chi connectivity index (χ0) is 33.5. The molecule has 0 unspecified atom stereocenters. The van der Waals surface area contributed by atoms with E-state index in [1.165, 1.54) is 26.0 Å². The van der Waals surface area contributed by atoms with Gasteiger partial charge < -0.3 is 26.0 Å². The number of aromatic nitrogens is 1. The van der Waals surface area contributed by atoms with Crippen LogP contribution in [0.2, 0.25) is 10.0 Å². The van der Waals surface area contributed by atoms with Gasteiger partial charge in [0.15, 0.2) is 5.96 Å². The molecule has 5 N–H and O–H groups in total. The number of amides is 1. The average Bonchev–Trinajstić information content (AvgIpc) is 3.01. The van der Waals surface area contributed by atoms with Gasteiger partial charge in [-0.3, -0.25) is 14.8 Å². The molecule has 1 aliphatic rings. The van der Waals surface area contributed by atoms with Crippen molar-refractivity contribution in [1.82, 2.24) is 19.5 Å². The molecule has 0 radical (unpaired) electrons. The predicted molar refractivity (Wildman–Crippen MR) is 184 cm³/mol. The van der Waals surface area contributed by atoms with Crippen molar-refractivity contribution in [2.24, 2.45) is 16.5 Å². The Morgan fingerprint density at radius 2 is 1.72 bits per heavy atom. The van der Waals surface area contributed by atoms with E-state index in [2.05, 4.69) is 14.7 Å². The Kier molecular flexibility index (Phi) is 12.1. The molecule has 1 fully saturated rings. The van der Waals surface area contributed by atoms with Gasteiger partial charge in [-0.1, -0.05) is 42.1 Å². The predicted octanol–water partition coefficient (Wildman–Crippen LogP) is 4.46. The van der Waals surface area contributed by atoms with E-state index in [9.17, 15) is 13.2 Å². The number of aryl methyl sites for hydroxylation is 1. The number of carbonyl (C=O) groups is 1. The lowest BCUT2D eigenvalue weighted by molar-refractivity contribution is -0.137.